The number of furan rings is 2. The van der Waals surface area contributed by atoms with Crippen molar-refractivity contribution in [2.45, 2.75) is 0 Å². The van der Waals surface area contributed by atoms with E-state index in [1.165, 1.54) is 49.0 Å². The molecule has 0 atom stereocenters. The van der Waals surface area contributed by atoms with E-state index >= 15 is 0 Å². The summed E-state index contributed by atoms with van der Waals surface area (Å²) >= 11 is 0. The molecule has 0 amide bonds. The van der Waals surface area contributed by atoms with Crippen molar-refractivity contribution in [2.24, 2.45) is 0 Å². The van der Waals surface area contributed by atoms with E-state index in [1.807, 2.05) is 18.4 Å². The minimum absolute atomic E-state index is 0.903. The maximum Gasteiger partial charge on any atom is 0.136 e. The average molecular weight is 511 g/mol. The standard InChI is InChI=1S/C38H22O2/c1-2-11-24-21-35-31(20-23(24)10-1)32(22-39-35)37-27-14-5-3-12-25(27)36(26-13-4-6-15-28(26)37)30-17-9-19-34-38(30)29-16-7-8-18-33(29)40-34/h1-22H. The first-order valence-electron chi connectivity index (χ1n) is 13.6. The number of para-hydroxylation sites is 1. The van der Waals surface area contributed by atoms with Crippen LogP contribution in [0.25, 0.3) is 87.5 Å². The van der Waals surface area contributed by atoms with Crippen molar-refractivity contribution in [3.8, 4) is 22.3 Å². The topological polar surface area (TPSA) is 26.3 Å². The van der Waals surface area contributed by atoms with Crippen LogP contribution >= 0.6 is 0 Å². The first-order valence-corrected chi connectivity index (χ1v) is 13.6. The third-order valence-corrected chi connectivity index (χ3v) is 8.31. The van der Waals surface area contributed by atoms with Gasteiger partial charge in [0.15, 0.2) is 0 Å². The van der Waals surface area contributed by atoms with Gasteiger partial charge in [0.2, 0.25) is 0 Å². The first kappa shape index (κ1) is 21.6. The Hall–Kier alpha value is -5.34. The van der Waals surface area contributed by atoms with E-state index in [1.54, 1.807) is 0 Å². The SMILES string of the molecule is c1ccc2cc3c(-c4c5ccccc5c(-c5cccc6oc7ccccc7c56)c5ccccc45)coc3cc2c1. The lowest BCUT2D eigenvalue weighted by Crippen LogP contribution is -1.91. The molecule has 0 radical (unpaired) electrons. The van der Waals surface area contributed by atoms with Crippen molar-refractivity contribution in [3.63, 3.8) is 0 Å². The van der Waals surface area contributed by atoms with Gasteiger partial charge in [-0.3, -0.25) is 0 Å². The van der Waals surface area contributed by atoms with Gasteiger partial charge in [0.05, 0.1) is 6.26 Å². The molecule has 9 aromatic rings. The zero-order valence-corrected chi connectivity index (χ0v) is 21.5. The smallest absolute Gasteiger partial charge is 0.136 e. The summed E-state index contributed by atoms with van der Waals surface area (Å²) in [6, 6.07) is 45.1. The predicted molar refractivity (Wildman–Crippen MR) is 167 cm³/mol. The molecule has 0 saturated carbocycles. The van der Waals surface area contributed by atoms with E-state index < -0.39 is 0 Å². The van der Waals surface area contributed by atoms with E-state index in [2.05, 4.69) is 115 Å². The summed E-state index contributed by atoms with van der Waals surface area (Å²) in [6.07, 6.45) is 1.93. The van der Waals surface area contributed by atoms with Crippen LogP contribution in [0.2, 0.25) is 0 Å². The summed E-state index contributed by atoms with van der Waals surface area (Å²) in [5.74, 6) is 0. The van der Waals surface area contributed by atoms with Crippen molar-refractivity contribution in [3.05, 3.63) is 134 Å². The van der Waals surface area contributed by atoms with Crippen LogP contribution in [0.3, 0.4) is 0 Å². The Morgan fingerprint density at radius 3 is 1.62 bits per heavy atom. The highest BCUT2D eigenvalue weighted by molar-refractivity contribution is 6.27. The van der Waals surface area contributed by atoms with E-state index in [9.17, 15) is 0 Å². The molecular weight excluding hydrogens is 488 g/mol. The second kappa shape index (κ2) is 8.08. The maximum atomic E-state index is 6.29. The maximum absolute atomic E-state index is 6.29. The number of benzene rings is 7. The van der Waals surface area contributed by atoms with Crippen LogP contribution in [-0.4, -0.2) is 0 Å². The molecule has 0 saturated heterocycles. The van der Waals surface area contributed by atoms with Gasteiger partial charge in [0, 0.05) is 27.3 Å². The Morgan fingerprint density at radius 1 is 0.375 bits per heavy atom. The lowest BCUT2D eigenvalue weighted by molar-refractivity contribution is 0.617. The summed E-state index contributed by atoms with van der Waals surface area (Å²) in [6.45, 7) is 0. The van der Waals surface area contributed by atoms with Gasteiger partial charge >= 0.3 is 0 Å². The fourth-order valence-electron chi connectivity index (χ4n) is 6.60. The molecule has 9 rings (SSSR count). The fraction of sp³-hybridized carbons (Fsp3) is 0. The number of fused-ring (bicyclic) bond motifs is 7. The molecule has 0 spiro atoms. The van der Waals surface area contributed by atoms with Crippen LogP contribution in [0, 0.1) is 0 Å². The largest absolute Gasteiger partial charge is 0.464 e. The monoisotopic (exact) mass is 510 g/mol. The molecule has 40 heavy (non-hydrogen) atoms. The van der Waals surface area contributed by atoms with Crippen LogP contribution in [0.1, 0.15) is 0 Å². The van der Waals surface area contributed by atoms with Crippen molar-refractivity contribution in [2.75, 3.05) is 0 Å². The van der Waals surface area contributed by atoms with E-state index in [-0.39, 0.29) is 0 Å². The quantitative estimate of drug-likeness (QED) is 0.216. The molecule has 0 bridgehead atoms. The normalized spacial score (nSPS) is 12.0. The van der Waals surface area contributed by atoms with Gasteiger partial charge in [-0.1, -0.05) is 103 Å². The second-order valence-corrected chi connectivity index (χ2v) is 10.5. The number of rotatable bonds is 2. The van der Waals surface area contributed by atoms with Crippen LogP contribution in [0.5, 0.6) is 0 Å². The second-order valence-electron chi connectivity index (χ2n) is 10.5. The molecule has 2 heterocycles. The molecule has 0 aliphatic rings. The van der Waals surface area contributed by atoms with Crippen LogP contribution in [-0.2, 0) is 0 Å². The highest BCUT2D eigenvalue weighted by Gasteiger charge is 2.21. The summed E-state index contributed by atoms with van der Waals surface area (Å²) in [7, 11) is 0. The highest BCUT2D eigenvalue weighted by Crippen LogP contribution is 2.48. The number of hydrogen-bond acceptors (Lipinski definition) is 2. The van der Waals surface area contributed by atoms with Gasteiger partial charge in [0.1, 0.15) is 16.7 Å². The molecule has 7 aromatic carbocycles. The van der Waals surface area contributed by atoms with Gasteiger partial charge in [-0.05, 0) is 67.7 Å². The molecule has 0 N–H and O–H groups in total. The molecular formula is C38H22O2. The Morgan fingerprint density at radius 2 is 0.925 bits per heavy atom. The van der Waals surface area contributed by atoms with Crippen molar-refractivity contribution < 1.29 is 8.83 Å². The molecule has 0 fully saturated rings. The summed E-state index contributed by atoms with van der Waals surface area (Å²) in [5, 5.41) is 10.6. The van der Waals surface area contributed by atoms with E-state index in [0.717, 1.165) is 38.5 Å². The Balaban J connectivity index is 1.45. The molecule has 2 heteroatoms. The number of hydrogen-bond donors (Lipinski definition) is 0. The summed E-state index contributed by atoms with van der Waals surface area (Å²) < 4.78 is 12.5. The van der Waals surface area contributed by atoms with Crippen molar-refractivity contribution in [1.29, 1.82) is 0 Å². The zero-order valence-electron chi connectivity index (χ0n) is 21.5. The molecule has 2 aromatic heterocycles. The lowest BCUT2D eigenvalue weighted by atomic mass is 9.85. The summed E-state index contributed by atoms with van der Waals surface area (Å²) in [5.41, 5.74) is 7.45. The van der Waals surface area contributed by atoms with E-state index in [0.29, 0.717) is 0 Å². The average Bonchev–Trinajstić information content (AvgIpc) is 3.59. The highest BCUT2D eigenvalue weighted by atomic mass is 16.3. The molecule has 0 aliphatic carbocycles. The van der Waals surface area contributed by atoms with Gasteiger partial charge in [-0.2, -0.15) is 0 Å². The Bertz CT molecular complexity index is 2380. The third kappa shape index (κ3) is 2.93. The minimum Gasteiger partial charge on any atom is -0.464 e. The minimum atomic E-state index is 0.903. The Labute approximate surface area is 229 Å². The van der Waals surface area contributed by atoms with Gasteiger partial charge in [-0.25, -0.2) is 0 Å². The van der Waals surface area contributed by atoms with Crippen LogP contribution < -0.4 is 0 Å². The van der Waals surface area contributed by atoms with Crippen LogP contribution in [0.4, 0.5) is 0 Å². The van der Waals surface area contributed by atoms with Gasteiger partial charge < -0.3 is 8.83 Å². The van der Waals surface area contributed by atoms with Crippen molar-refractivity contribution >= 4 is 65.2 Å². The lowest BCUT2D eigenvalue weighted by Gasteiger charge is -2.17. The molecule has 0 unspecified atom stereocenters. The van der Waals surface area contributed by atoms with Gasteiger partial charge in [0.25, 0.3) is 0 Å². The van der Waals surface area contributed by atoms with Crippen LogP contribution in [0.15, 0.2) is 142 Å². The molecule has 0 aliphatic heterocycles. The van der Waals surface area contributed by atoms with Crippen molar-refractivity contribution in [1.82, 2.24) is 0 Å². The van der Waals surface area contributed by atoms with E-state index in [4.69, 9.17) is 8.83 Å². The Kier molecular flexibility index (Phi) is 4.36. The molecule has 186 valence electrons. The third-order valence-electron chi connectivity index (χ3n) is 8.31. The fourth-order valence-corrected chi connectivity index (χ4v) is 6.60. The summed E-state index contributed by atoms with van der Waals surface area (Å²) in [4.78, 5) is 0. The zero-order chi connectivity index (χ0) is 26.2. The molecule has 2 nitrogen and oxygen atoms in total. The first-order chi connectivity index (χ1) is 19.8. The predicted octanol–water partition coefficient (Wildman–Crippen LogP) is 11.1. The van der Waals surface area contributed by atoms with Gasteiger partial charge in [-0.15, -0.1) is 0 Å².